The van der Waals surface area contributed by atoms with Crippen LogP contribution in [0.15, 0.2) is 48.5 Å². The molecular formula is C24H16Cl2F5NO2. The van der Waals surface area contributed by atoms with Crippen LogP contribution in [0.5, 0.6) is 5.75 Å². The van der Waals surface area contributed by atoms with Crippen molar-refractivity contribution in [2.45, 2.75) is 31.5 Å². The lowest BCUT2D eigenvalue weighted by molar-refractivity contribution is -0.248. The van der Waals surface area contributed by atoms with E-state index in [1.165, 1.54) is 24.3 Å². The Morgan fingerprint density at radius 2 is 1.71 bits per heavy atom. The van der Waals surface area contributed by atoms with E-state index in [0.29, 0.717) is 6.07 Å². The summed E-state index contributed by atoms with van der Waals surface area (Å²) in [6.45, 7) is 1.57. The largest absolute Gasteiger partial charge is 0.472 e. The maximum Gasteiger partial charge on any atom is 0.432 e. The van der Waals surface area contributed by atoms with Crippen LogP contribution in [0.4, 0.5) is 27.6 Å². The van der Waals surface area contributed by atoms with Crippen molar-refractivity contribution in [1.29, 1.82) is 0 Å². The topological polar surface area (TPSA) is 38.3 Å². The van der Waals surface area contributed by atoms with Crippen LogP contribution in [0, 0.1) is 11.6 Å². The normalized spacial score (nSPS) is 17.3. The van der Waals surface area contributed by atoms with E-state index in [4.69, 9.17) is 27.9 Å². The van der Waals surface area contributed by atoms with Crippen LogP contribution in [-0.4, -0.2) is 12.1 Å². The molecule has 1 aliphatic heterocycles. The highest BCUT2D eigenvalue weighted by Crippen LogP contribution is 2.52. The number of fused-ring (bicyclic) bond motifs is 1. The number of alkyl halides is 3. The minimum Gasteiger partial charge on any atom is -0.472 e. The molecule has 0 aromatic heterocycles. The molecule has 178 valence electrons. The first-order valence-corrected chi connectivity index (χ1v) is 10.8. The van der Waals surface area contributed by atoms with Gasteiger partial charge < -0.3 is 10.1 Å². The van der Waals surface area contributed by atoms with Gasteiger partial charge in [-0.05, 0) is 47.5 Å². The molecule has 1 atom stereocenters. The zero-order valence-electron chi connectivity index (χ0n) is 17.5. The molecule has 1 amide bonds. The van der Waals surface area contributed by atoms with Crippen molar-refractivity contribution in [2.24, 2.45) is 0 Å². The maximum absolute atomic E-state index is 14.6. The Morgan fingerprint density at radius 3 is 2.32 bits per heavy atom. The minimum absolute atomic E-state index is 0.0152. The average molecular weight is 516 g/mol. The van der Waals surface area contributed by atoms with Crippen molar-refractivity contribution >= 4 is 34.8 Å². The fourth-order valence-corrected chi connectivity index (χ4v) is 4.38. The van der Waals surface area contributed by atoms with Crippen LogP contribution >= 0.6 is 23.2 Å². The predicted octanol–water partition coefficient (Wildman–Crippen LogP) is 7.68. The third kappa shape index (κ3) is 4.32. The molecule has 4 rings (SSSR count). The molecule has 10 heteroatoms. The second-order valence-corrected chi connectivity index (χ2v) is 8.67. The maximum atomic E-state index is 14.6. The highest BCUT2D eigenvalue weighted by atomic mass is 35.5. The van der Waals surface area contributed by atoms with Crippen LogP contribution < -0.4 is 10.1 Å². The van der Waals surface area contributed by atoms with Crippen LogP contribution in [-0.2, 0) is 16.8 Å². The summed E-state index contributed by atoms with van der Waals surface area (Å²) in [6, 6.07) is 9.28. The molecular weight excluding hydrogens is 500 g/mol. The number of anilines is 1. The molecule has 1 N–H and O–H groups in total. The predicted molar refractivity (Wildman–Crippen MR) is 119 cm³/mol. The van der Waals surface area contributed by atoms with Crippen molar-refractivity contribution in [3.05, 3.63) is 81.3 Å². The van der Waals surface area contributed by atoms with Gasteiger partial charge in [-0.1, -0.05) is 36.2 Å². The minimum atomic E-state index is -4.83. The van der Waals surface area contributed by atoms with E-state index >= 15 is 0 Å². The number of benzene rings is 3. The SMILES string of the molecule is CCC(=O)Nc1cc(-c2ccc3c(c2)CC(c2cc(Cl)cc(Cl)c2)(C(F)(F)F)O3)c(F)cc1F. The molecule has 1 aliphatic rings. The number of hydrogen-bond donors (Lipinski definition) is 1. The third-order valence-electron chi connectivity index (χ3n) is 5.53. The summed E-state index contributed by atoms with van der Waals surface area (Å²) in [7, 11) is 0. The Morgan fingerprint density at radius 1 is 1.03 bits per heavy atom. The van der Waals surface area contributed by atoms with Gasteiger partial charge in [0.15, 0.2) is 0 Å². The second kappa shape index (κ2) is 8.74. The number of halogens is 7. The number of rotatable bonds is 4. The molecule has 0 aliphatic carbocycles. The number of amides is 1. The first kappa shape index (κ1) is 24.3. The summed E-state index contributed by atoms with van der Waals surface area (Å²) in [6.07, 6.45) is -5.37. The molecule has 1 unspecified atom stereocenters. The molecule has 3 nitrogen and oxygen atoms in total. The van der Waals surface area contributed by atoms with Gasteiger partial charge in [0.05, 0.1) is 5.69 Å². The molecule has 0 bridgehead atoms. The zero-order valence-corrected chi connectivity index (χ0v) is 19.0. The van der Waals surface area contributed by atoms with E-state index in [9.17, 15) is 26.7 Å². The Labute approximate surface area is 201 Å². The van der Waals surface area contributed by atoms with E-state index in [-0.39, 0.29) is 50.2 Å². The molecule has 3 aromatic carbocycles. The van der Waals surface area contributed by atoms with E-state index in [0.717, 1.165) is 18.2 Å². The van der Waals surface area contributed by atoms with Crippen molar-refractivity contribution in [1.82, 2.24) is 0 Å². The Kier molecular flexibility index (Phi) is 6.25. The third-order valence-corrected chi connectivity index (χ3v) is 5.97. The van der Waals surface area contributed by atoms with Gasteiger partial charge in [-0.15, -0.1) is 0 Å². The Balaban J connectivity index is 1.78. The van der Waals surface area contributed by atoms with Crippen LogP contribution in [0.3, 0.4) is 0 Å². The summed E-state index contributed by atoms with van der Waals surface area (Å²) < 4.78 is 77.1. The van der Waals surface area contributed by atoms with Crippen molar-refractivity contribution in [2.75, 3.05) is 5.32 Å². The monoisotopic (exact) mass is 515 g/mol. The molecule has 0 spiro atoms. The molecule has 0 radical (unpaired) electrons. The number of carbonyl (C=O) groups excluding carboxylic acids is 1. The van der Waals surface area contributed by atoms with Crippen molar-refractivity contribution < 1.29 is 31.5 Å². The molecule has 1 heterocycles. The van der Waals surface area contributed by atoms with Gasteiger partial charge in [0, 0.05) is 40.1 Å². The van der Waals surface area contributed by atoms with Crippen molar-refractivity contribution in [3.8, 4) is 16.9 Å². The van der Waals surface area contributed by atoms with Gasteiger partial charge in [-0.2, -0.15) is 13.2 Å². The second-order valence-electron chi connectivity index (χ2n) is 7.80. The van der Waals surface area contributed by atoms with E-state index in [2.05, 4.69) is 5.32 Å². The van der Waals surface area contributed by atoms with E-state index in [1.54, 1.807) is 6.92 Å². The van der Waals surface area contributed by atoms with Crippen LogP contribution in [0.25, 0.3) is 11.1 Å². The fraction of sp³-hybridized carbons (Fsp3) is 0.208. The Hall–Kier alpha value is -2.84. The molecule has 34 heavy (non-hydrogen) atoms. The summed E-state index contributed by atoms with van der Waals surface area (Å²) in [5, 5.41) is 2.37. The Bertz CT molecular complexity index is 1270. The average Bonchev–Trinajstić information content (AvgIpc) is 3.15. The van der Waals surface area contributed by atoms with Gasteiger partial charge in [-0.25, -0.2) is 8.78 Å². The smallest absolute Gasteiger partial charge is 0.432 e. The van der Waals surface area contributed by atoms with Crippen LogP contribution in [0.1, 0.15) is 24.5 Å². The number of carbonyl (C=O) groups is 1. The lowest BCUT2D eigenvalue weighted by Gasteiger charge is -2.31. The highest BCUT2D eigenvalue weighted by Gasteiger charge is 2.61. The van der Waals surface area contributed by atoms with Crippen molar-refractivity contribution in [3.63, 3.8) is 0 Å². The standard InChI is InChI=1S/C24H16Cl2F5NO2/c1-2-22(33)32-20-9-17(18(27)10-19(20)28)12-3-4-21-13(5-12)11-23(34-21,24(29,30)31)14-6-15(25)8-16(26)7-14/h3-10H,2,11H2,1H3,(H,32,33). The molecule has 0 fully saturated rings. The zero-order chi connectivity index (χ0) is 24.8. The molecule has 3 aromatic rings. The molecule has 0 saturated carbocycles. The first-order chi connectivity index (χ1) is 15.9. The quantitative estimate of drug-likeness (QED) is 0.362. The van der Waals surface area contributed by atoms with Gasteiger partial charge in [0.1, 0.15) is 17.4 Å². The van der Waals surface area contributed by atoms with Gasteiger partial charge in [0.2, 0.25) is 11.5 Å². The fourth-order valence-electron chi connectivity index (χ4n) is 3.85. The van der Waals surface area contributed by atoms with Gasteiger partial charge in [-0.3, -0.25) is 4.79 Å². The summed E-state index contributed by atoms with van der Waals surface area (Å²) in [4.78, 5) is 11.7. The van der Waals surface area contributed by atoms with Crippen LogP contribution in [0.2, 0.25) is 10.0 Å². The van der Waals surface area contributed by atoms with E-state index in [1.807, 2.05) is 0 Å². The van der Waals surface area contributed by atoms with Gasteiger partial charge >= 0.3 is 6.18 Å². The highest BCUT2D eigenvalue weighted by molar-refractivity contribution is 6.34. The lowest BCUT2D eigenvalue weighted by atomic mass is 9.87. The van der Waals surface area contributed by atoms with Gasteiger partial charge in [0.25, 0.3) is 0 Å². The number of nitrogens with one attached hydrogen (secondary N) is 1. The summed E-state index contributed by atoms with van der Waals surface area (Å²) >= 11 is 11.9. The van der Waals surface area contributed by atoms with E-state index < -0.39 is 35.7 Å². The number of ether oxygens (including phenoxy) is 1. The lowest BCUT2D eigenvalue weighted by Crippen LogP contribution is -2.46. The summed E-state index contributed by atoms with van der Waals surface area (Å²) in [5.41, 5.74) is -3.00. The first-order valence-electron chi connectivity index (χ1n) is 10.1. The number of hydrogen-bond acceptors (Lipinski definition) is 2. The summed E-state index contributed by atoms with van der Waals surface area (Å²) in [5.74, 6) is -2.43. The molecule has 0 saturated heterocycles.